The molecule has 2 aliphatic rings. The summed E-state index contributed by atoms with van der Waals surface area (Å²) in [5.74, 6) is 0.252. The van der Waals surface area contributed by atoms with Crippen molar-refractivity contribution in [1.29, 1.82) is 0 Å². The minimum absolute atomic E-state index is 0.281. The molecule has 16 heavy (non-hydrogen) atoms. The molecule has 0 saturated carbocycles. The monoisotopic (exact) mass is 220 g/mol. The lowest BCUT2D eigenvalue weighted by molar-refractivity contribution is 0.363. The van der Waals surface area contributed by atoms with Crippen molar-refractivity contribution >= 4 is 5.69 Å². The maximum atomic E-state index is 13.1. The number of hydrogen-bond acceptors (Lipinski definition) is 2. The van der Waals surface area contributed by atoms with Crippen molar-refractivity contribution in [2.75, 3.05) is 5.73 Å². The van der Waals surface area contributed by atoms with Gasteiger partial charge in [0.25, 0.3) is 0 Å². The van der Waals surface area contributed by atoms with E-state index >= 15 is 0 Å². The molecule has 2 heterocycles. The van der Waals surface area contributed by atoms with E-state index in [1.807, 2.05) is 12.1 Å². The summed E-state index contributed by atoms with van der Waals surface area (Å²) in [5, 5.41) is 3.61. The van der Waals surface area contributed by atoms with Gasteiger partial charge in [-0.1, -0.05) is 6.07 Å². The van der Waals surface area contributed by atoms with Gasteiger partial charge in [-0.25, -0.2) is 4.39 Å². The minimum atomic E-state index is -0.305. The first-order valence-electron chi connectivity index (χ1n) is 6.03. The fraction of sp³-hybridized carbons (Fsp3) is 0.538. The predicted octanol–water partition coefficient (Wildman–Crippen LogP) is 2.41. The van der Waals surface area contributed by atoms with E-state index in [2.05, 4.69) is 5.32 Å². The van der Waals surface area contributed by atoms with Crippen LogP contribution >= 0.6 is 0 Å². The van der Waals surface area contributed by atoms with Gasteiger partial charge in [0.15, 0.2) is 0 Å². The van der Waals surface area contributed by atoms with Crippen molar-refractivity contribution in [3.8, 4) is 0 Å². The molecule has 3 atom stereocenters. The zero-order valence-corrected chi connectivity index (χ0v) is 9.25. The van der Waals surface area contributed by atoms with E-state index in [0.29, 0.717) is 18.0 Å². The quantitative estimate of drug-likeness (QED) is 0.713. The zero-order chi connectivity index (χ0) is 11.1. The number of nitrogens with one attached hydrogen (secondary N) is 1. The molecule has 3 heteroatoms. The summed E-state index contributed by atoms with van der Waals surface area (Å²) < 4.78 is 13.1. The van der Waals surface area contributed by atoms with Crippen LogP contribution in [0.3, 0.4) is 0 Å². The summed E-state index contributed by atoms with van der Waals surface area (Å²) >= 11 is 0. The molecule has 2 nitrogen and oxygen atoms in total. The molecule has 0 aromatic heterocycles. The van der Waals surface area contributed by atoms with Crippen molar-refractivity contribution in [3.05, 3.63) is 29.6 Å². The molecule has 0 amide bonds. The second kappa shape index (κ2) is 3.74. The fourth-order valence-electron chi connectivity index (χ4n) is 3.15. The summed E-state index contributed by atoms with van der Waals surface area (Å²) in [7, 11) is 0. The largest absolute Gasteiger partial charge is 0.396 e. The van der Waals surface area contributed by atoms with Gasteiger partial charge in [-0.2, -0.15) is 0 Å². The average Bonchev–Trinajstić information content (AvgIpc) is 2.62. The molecule has 0 radical (unpaired) electrons. The van der Waals surface area contributed by atoms with Gasteiger partial charge in [0, 0.05) is 12.1 Å². The minimum Gasteiger partial charge on any atom is -0.396 e. The predicted molar refractivity (Wildman–Crippen MR) is 62.7 cm³/mol. The van der Waals surface area contributed by atoms with E-state index in [1.54, 1.807) is 0 Å². The van der Waals surface area contributed by atoms with Crippen LogP contribution in [0.1, 0.15) is 37.2 Å². The third-order valence-corrected chi connectivity index (χ3v) is 3.96. The summed E-state index contributed by atoms with van der Waals surface area (Å²) in [4.78, 5) is 0. The Morgan fingerprint density at radius 3 is 2.50 bits per heavy atom. The molecule has 2 saturated heterocycles. The normalized spacial score (nSPS) is 32.9. The first-order chi connectivity index (χ1) is 7.72. The van der Waals surface area contributed by atoms with E-state index in [4.69, 9.17) is 5.73 Å². The Hall–Kier alpha value is -1.09. The molecular weight excluding hydrogens is 203 g/mol. The van der Waals surface area contributed by atoms with E-state index in [1.165, 1.54) is 37.3 Å². The van der Waals surface area contributed by atoms with E-state index < -0.39 is 0 Å². The highest BCUT2D eigenvalue weighted by atomic mass is 19.1. The van der Waals surface area contributed by atoms with E-state index in [9.17, 15) is 4.39 Å². The Balaban J connectivity index is 1.84. The van der Waals surface area contributed by atoms with Gasteiger partial charge in [-0.15, -0.1) is 0 Å². The number of fused-ring (bicyclic) bond motifs is 2. The van der Waals surface area contributed by atoms with Gasteiger partial charge in [0.2, 0.25) is 0 Å². The lowest BCUT2D eigenvalue weighted by Gasteiger charge is -2.29. The Morgan fingerprint density at radius 2 is 1.88 bits per heavy atom. The molecule has 0 aliphatic carbocycles. The highest BCUT2D eigenvalue weighted by Crippen LogP contribution is 2.37. The number of rotatable bonds is 1. The van der Waals surface area contributed by atoms with Crippen LogP contribution in [0.5, 0.6) is 0 Å². The smallest absolute Gasteiger partial charge is 0.146 e. The highest BCUT2D eigenvalue weighted by molar-refractivity contribution is 5.43. The molecule has 1 unspecified atom stereocenters. The molecule has 86 valence electrons. The summed E-state index contributed by atoms with van der Waals surface area (Å²) in [5.41, 5.74) is 7.11. The van der Waals surface area contributed by atoms with Crippen LogP contribution < -0.4 is 11.1 Å². The Morgan fingerprint density at radius 1 is 1.19 bits per heavy atom. The number of hydrogen-bond donors (Lipinski definition) is 2. The molecule has 2 fully saturated rings. The third kappa shape index (κ3) is 1.69. The standard InChI is InChI=1S/C13H17FN2/c14-12-4-1-8(7-13(12)15)9-5-10-2-3-11(6-9)16-10/h1,4,7,9-11,16H,2-3,5-6,15H2/t9?,10-,11+. The molecule has 3 N–H and O–H groups in total. The van der Waals surface area contributed by atoms with Crippen molar-refractivity contribution in [3.63, 3.8) is 0 Å². The number of anilines is 1. The fourth-order valence-corrected chi connectivity index (χ4v) is 3.15. The number of halogens is 1. The van der Waals surface area contributed by atoms with Crippen LogP contribution in [-0.2, 0) is 0 Å². The van der Waals surface area contributed by atoms with Crippen LogP contribution in [0.15, 0.2) is 18.2 Å². The van der Waals surface area contributed by atoms with Crippen LogP contribution in [0, 0.1) is 5.82 Å². The zero-order valence-electron chi connectivity index (χ0n) is 9.25. The summed E-state index contributed by atoms with van der Waals surface area (Å²) in [6.45, 7) is 0. The van der Waals surface area contributed by atoms with E-state index in [0.717, 1.165) is 0 Å². The molecular formula is C13H17FN2. The number of benzene rings is 1. The second-order valence-electron chi connectivity index (χ2n) is 5.09. The van der Waals surface area contributed by atoms with Crippen LogP contribution in [0.25, 0.3) is 0 Å². The Bertz CT molecular complexity index is 393. The van der Waals surface area contributed by atoms with Gasteiger partial charge in [0.05, 0.1) is 5.69 Å². The first kappa shape index (κ1) is 10.1. The summed E-state index contributed by atoms with van der Waals surface area (Å²) in [6.07, 6.45) is 4.92. The number of nitrogens with two attached hydrogens (primary N) is 1. The maximum absolute atomic E-state index is 13.1. The summed E-state index contributed by atoms with van der Waals surface area (Å²) in [6, 6.07) is 6.52. The van der Waals surface area contributed by atoms with Crippen LogP contribution in [0.4, 0.5) is 10.1 Å². The highest BCUT2D eigenvalue weighted by Gasteiger charge is 2.34. The molecule has 2 aliphatic heterocycles. The van der Waals surface area contributed by atoms with Gasteiger partial charge >= 0.3 is 0 Å². The van der Waals surface area contributed by atoms with Gasteiger partial charge in [-0.3, -0.25) is 0 Å². The van der Waals surface area contributed by atoms with Crippen LogP contribution in [0.2, 0.25) is 0 Å². The van der Waals surface area contributed by atoms with Crippen molar-refractivity contribution < 1.29 is 4.39 Å². The van der Waals surface area contributed by atoms with Crippen LogP contribution in [-0.4, -0.2) is 12.1 Å². The molecule has 2 bridgehead atoms. The maximum Gasteiger partial charge on any atom is 0.146 e. The van der Waals surface area contributed by atoms with Gasteiger partial charge < -0.3 is 11.1 Å². The number of piperidine rings is 1. The Kier molecular flexibility index (Phi) is 2.36. The molecule has 1 aromatic carbocycles. The number of nitrogen functional groups attached to an aromatic ring is 1. The molecule has 3 rings (SSSR count). The van der Waals surface area contributed by atoms with Gasteiger partial charge in [0.1, 0.15) is 5.82 Å². The first-order valence-corrected chi connectivity index (χ1v) is 6.03. The SMILES string of the molecule is Nc1cc(C2C[C@H]3CC[C@@H](C2)N3)ccc1F. The van der Waals surface area contributed by atoms with Crippen molar-refractivity contribution in [1.82, 2.24) is 5.32 Å². The molecule has 1 aromatic rings. The van der Waals surface area contributed by atoms with Gasteiger partial charge in [-0.05, 0) is 49.3 Å². The Labute approximate surface area is 95.0 Å². The lowest BCUT2D eigenvalue weighted by Crippen LogP contribution is -2.37. The van der Waals surface area contributed by atoms with E-state index in [-0.39, 0.29) is 11.5 Å². The van der Waals surface area contributed by atoms with Crippen molar-refractivity contribution in [2.45, 2.75) is 43.7 Å². The third-order valence-electron chi connectivity index (χ3n) is 3.96. The van der Waals surface area contributed by atoms with Crippen molar-refractivity contribution in [2.24, 2.45) is 0 Å². The topological polar surface area (TPSA) is 38.0 Å². The average molecular weight is 220 g/mol. The molecule has 0 spiro atoms. The second-order valence-corrected chi connectivity index (χ2v) is 5.09. The lowest BCUT2D eigenvalue weighted by atomic mass is 9.86.